The first-order valence-corrected chi connectivity index (χ1v) is 11.4. The molecule has 1 saturated heterocycles. The standard InChI is InChI=1S/C26H25N7O/c1-18-16-27-26-20(8-5-9-21(18)26)17-28-30-23-15-25(32-10-12-34-13-11-32)33-24(29-23)14-22(31-33)19-6-3-2-4-7-19/h2-9,14-17,27H,10-13H2,1H3,(H,29,30)/b28-17+. The third kappa shape index (κ3) is 3.78. The number of hydrogen-bond donors (Lipinski definition) is 2. The molecular weight excluding hydrogens is 426 g/mol. The first-order valence-electron chi connectivity index (χ1n) is 11.4. The lowest BCUT2D eigenvalue weighted by Gasteiger charge is -2.29. The van der Waals surface area contributed by atoms with Crippen molar-refractivity contribution >= 4 is 34.4 Å². The van der Waals surface area contributed by atoms with Crippen LogP contribution in [0.25, 0.3) is 27.8 Å². The van der Waals surface area contributed by atoms with Gasteiger partial charge in [0, 0.05) is 47.9 Å². The van der Waals surface area contributed by atoms with E-state index in [1.807, 2.05) is 59.4 Å². The molecule has 2 aromatic carbocycles. The number of ether oxygens (including phenoxy) is 1. The molecule has 8 nitrogen and oxygen atoms in total. The van der Waals surface area contributed by atoms with Crippen LogP contribution in [0.1, 0.15) is 11.1 Å². The smallest absolute Gasteiger partial charge is 0.160 e. The average Bonchev–Trinajstić information content (AvgIpc) is 3.49. The van der Waals surface area contributed by atoms with Crippen molar-refractivity contribution in [3.63, 3.8) is 0 Å². The molecular formula is C26H25N7O. The lowest BCUT2D eigenvalue weighted by Crippen LogP contribution is -2.37. The van der Waals surface area contributed by atoms with Crippen molar-refractivity contribution in [1.82, 2.24) is 19.6 Å². The van der Waals surface area contributed by atoms with Gasteiger partial charge in [0.15, 0.2) is 11.5 Å². The Hall–Kier alpha value is -4.17. The maximum atomic E-state index is 5.56. The third-order valence-corrected chi connectivity index (χ3v) is 6.15. The summed E-state index contributed by atoms with van der Waals surface area (Å²) in [6.45, 7) is 5.08. The molecule has 34 heavy (non-hydrogen) atoms. The lowest BCUT2D eigenvalue weighted by atomic mass is 10.1. The molecule has 6 rings (SSSR count). The van der Waals surface area contributed by atoms with Crippen LogP contribution in [0, 0.1) is 6.92 Å². The molecule has 1 aliphatic heterocycles. The van der Waals surface area contributed by atoms with Gasteiger partial charge in [0.1, 0.15) is 5.82 Å². The van der Waals surface area contributed by atoms with Crippen molar-refractivity contribution in [3.05, 3.63) is 78.0 Å². The topological polar surface area (TPSA) is 82.8 Å². The van der Waals surface area contributed by atoms with Crippen molar-refractivity contribution in [1.29, 1.82) is 0 Å². The zero-order valence-corrected chi connectivity index (χ0v) is 18.9. The number of rotatable bonds is 5. The van der Waals surface area contributed by atoms with Crippen LogP contribution in [0.2, 0.25) is 0 Å². The van der Waals surface area contributed by atoms with E-state index in [0.717, 1.165) is 46.9 Å². The number of fused-ring (bicyclic) bond motifs is 2. The number of aromatic amines is 1. The number of morpholine rings is 1. The van der Waals surface area contributed by atoms with Crippen molar-refractivity contribution in [2.75, 3.05) is 36.6 Å². The fourth-order valence-electron chi connectivity index (χ4n) is 4.38. The Morgan fingerprint density at radius 3 is 2.76 bits per heavy atom. The molecule has 1 aliphatic rings. The van der Waals surface area contributed by atoms with Crippen LogP contribution in [-0.2, 0) is 4.74 Å². The van der Waals surface area contributed by atoms with E-state index in [2.05, 4.69) is 45.5 Å². The van der Waals surface area contributed by atoms with E-state index in [1.54, 1.807) is 0 Å². The van der Waals surface area contributed by atoms with Crippen molar-refractivity contribution in [2.24, 2.45) is 5.10 Å². The number of nitrogens with zero attached hydrogens (tertiary/aromatic N) is 5. The van der Waals surface area contributed by atoms with Crippen LogP contribution < -0.4 is 10.3 Å². The van der Waals surface area contributed by atoms with E-state index in [-0.39, 0.29) is 0 Å². The highest BCUT2D eigenvalue weighted by Gasteiger charge is 2.18. The van der Waals surface area contributed by atoms with Crippen LogP contribution >= 0.6 is 0 Å². The van der Waals surface area contributed by atoms with Crippen LogP contribution in [-0.4, -0.2) is 52.1 Å². The second kappa shape index (κ2) is 8.64. The second-order valence-electron chi connectivity index (χ2n) is 8.38. The van der Waals surface area contributed by atoms with E-state index in [4.69, 9.17) is 14.8 Å². The summed E-state index contributed by atoms with van der Waals surface area (Å²) in [6.07, 6.45) is 3.84. The van der Waals surface area contributed by atoms with E-state index >= 15 is 0 Å². The second-order valence-corrected chi connectivity index (χ2v) is 8.38. The summed E-state index contributed by atoms with van der Waals surface area (Å²) in [7, 11) is 0. The molecule has 0 radical (unpaired) electrons. The summed E-state index contributed by atoms with van der Waals surface area (Å²) in [5.41, 5.74) is 9.15. The number of nitrogens with one attached hydrogen (secondary N) is 2. The van der Waals surface area contributed by atoms with Crippen LogP contribution in [0.5, 0.6) is 0 Å². The molecule has 5 aromatic rings. The minimum absolute atomic E-state index is 0.666. The molecule has 0 bridgehead atoms. The van der Waals surface area contributed by atoms with Gasteiger partial charge in [-0.3, -0.25) is 5.43 Å². The minimum Gasteiger partial charge on any atom is -0.378 e. The third-order valence-electron chi connectivity index (χ3n) is 6.15. The predicted molar refractivity (Wildman–Crippen MR) is 136 cm³/mol. The van der Waals surface area contributed by atoms with Gasteiger partial charge in [0.2, 0.25) is 0 Å². The Labute approximate surface area is 196 Å². The molecule has 0 amide bonds. The quantitative estimate of drug-likeness (QED) is 0.304. The summed E-state index contributed by atoms with van der Waals surface area (Å²) >= 11 is 0. The Kier molecular flexibility index (Phi) is 5.20. The van der Waals surface area contributed by atoms with Crippen molar-refractivity contribution in [3.8, 4) is 11.3 Å². The SMILES string of the molecule is Cc1c[nH]c2c(/C=N/Nc3cc(N4CCOCC4)n4nc(-c5ccccc5)cc4n3)cccc12. The highest BCUT2D eigenvalue weighted by molar-refractivity contribution is 5.99. The molecule has 1 fully saturated rings. The monoisotopic (exact) mass is 451 g/mol. The number of aryl methyl sites for hydroxylation is 1. The number of aromatic nitrogens is 4. The highest BCUT2D eigenvalue weighted by atomic mass is 16.5. The number of benzene rings is 2. The zero-order valence-electron chi connectivity index (χ0n) is 18.9. The highest BCUT2D eigenvalue weighted by Crippen LogP contribution is 2.26. The van der Waals surface area contributed by atoms with Crippen LogP contribution in [0.15, 0.2) is 72.0 Å². The maximum absolute atomic E-state index is 5.56. The fraction of sp³-hybridized carbons (Fsp3) is 0.192. The largest absolute Gasteiger partial charge is 0.378 e. The van der Waals surface area contributed by atoms with Crippen LogP contribution in [0.3, 0.4) is 0 Å². The minimum atomic E-state index is 0.666. The molecule has 8 heteroatoms. The van der Waals surface area contributed by atoms with Gasteiger partial charge >= 0.3 is 0 Å². The first-order chi connectivity index (χ1) is 16.8. The molecule has 0 unspecified atom stereocenters. The van der Waals surface area contributed by atoms with Crippen molar-refractivity contribution < 1.29 is 4.74 Å². The molecule has 4 heterocycles. The van der Waals surface area contributed by atoms with Gasteiger partial charge in [0.05, 0.1) is 30.6 Å². The summed E-state index contributed by atoms with van der Waals surface area (Å²) < 4.78 is 7.47. The Bertz CT molecular complexity index is 1480. The summed E-state index contributed by atoms with van der Waals surface area (Å²) in [5, 5.41) is 10.6. The maximum Gasteiger partial charge on any atom is 0.160 e. The number of hydrogen-bond acceptors (Lipinski definition) is 6. The van der Waals surface area contributed by atoms with Gasteiger partial charge in [-0.05, 0) is 12.5 Å². The normalized spacial score (nSPS) is 14.4. The summed E-state index contributed by atoms with van der Waals surface area (Å²) in [5.74, 6) is 1.63. The van der Waals surface area contributed by atoms with Crippen molar-refractivity contribution in [2.45, 2.75) is 6.92 Å². The summed E-state index contributed by atoms with van der Waals surface area (Å²) in [6, 6.07) is 20.4. The number of H-pyrrole nitrogens is 1. The number of anilines is 2. The molecule has 0 saturated carbocycles. The van der Waals surface area contributed by atoms with Gasteiger partial charge in [-0.15, -0.1) is 0 Å². The average molecular weight is 452 g/mol. The molecule has 2 N–H and O–H groups in total. The Balaban J connectivity index is 1.36. The van der Waals surface area contributed by atoms with Crippen LogP contribution in [0.4, 0.5) is 11.6 Å². The van der Waals surface area contributed by atoms with Gasteiger partial charge < -0.3 is 14.6 Å². The van der Waals surface area contributed by atoms with E-state index in [9.17, 15) is 0 Å². The van der Waals surface area contributed by atoms with Gasteiger partial charge in [-0.1, -0.05) is 48.5 Å². The molecule has 0 spiro atoms. The predicted octanol–water partition coefficient (Wildman–Crippen LogP) is 4.47. The molecule has 0 aliphatic carbocycles. The van der Waals surface area contributed by atoms with Gasteiger partial charge in [0.25, 0.3) is 0 Å². The zero-order chi connectivity index (χ0) is 22.9. The Morgan fingerprint density at radius 1 is 1.06 bits per heavy atom. The van der Waals surface area contributed by atoms with E-state index in [0.29, 0.717) is 19.0 Å². The fourth-order valence-corrected chi connectivity index (χ4v) is 4.38. The molecule has 170 valence electrons. The summed E-state index contributed by atoms with van der Waals surface area (Å²) in [4.78, 5) is 10.4. The number of hydrazone groups is 1. The van der Waals surface area contributed by atoms with E-state index < -0.39 is 0 Å². The van der Waals surface area contributed by atoms with Gasteiger partial charge in [-0.25, -0.2) is 4.98 Å². The van der Waals surface area contributed by atoms with Gasteiger partial charge in [-0.2, -0.15) is 14.7 Å². The number of para-hydroxylation sites is 1. The molecule has 0 atom stereocenters. The Morgan fingerprint density at radius 2 is 1.91 bits per heavy atom. The van der Waals surface area contributed by atoms with E-state index in [1.165, 1.54) is 10.9 Å². The first kappa shape index (κ1) is 20.4. The molecule has 3 aromatic heterocycles. The lowest BCUT2D eigenvalue weighted by molar-refractivity contribution is 0.122.